The Morgan fingerprint density at radius 2 is 1.79 bits per heavy atom. The Hall–Kier alpha value is -2.81. The van der Waals surface area contributed by atoms with Gasteiger partial charge < -0.3 is 20.1 Å². The third-order valence-corrected chi connectivity index (χ3v) is 4.72. The molecule has 3 rings (SSSR count). The maximum absolute atomic E-state index is 13.0. The number of hydrogen-bond donors (Lipinski definition) is 5. The average molecular weight is 399 g/mol. The van der Waals surface area contributed by atoms with Crippen molar-refractivity contribution in [2.24, 2.45) is 0 Å². The van der Waals surface area contributed by atoms with E-state index < -0.39 is 6.04 Å². The standard InChI is InChI=1S/C21H29N5O3/c1-5-28-16-9-10-18(29-6-2)17(12-16)23-21(27)19-20(25-26-24-19)22-15-8-7-13(3)14(4)11-15/h7-12,19-20,22,24-26H,5-6H2,1-4H3,(H,23,27). The number of hydrazine groups is 2. The fraction of sp³-hybridized carbons (Fsp3) is 0.381. The Bertz CT molecular complexity index is 858. The van der Waals surface area contributed by atoms with E-state index in [1.807, 2.05) is 26.0 Å². The highest BCUT2D eigenvalue weighted by molar-refractivity contribution is 5.97. The number of hydrogen-bond acceptors (Lipinski definition) is 7. The molecule has 8 heteroatoms. The van der Waals surface area contributed by atoms with E-state index in [2.05, 4.69) is 53.0 Å². The van der Waals surface area contributed by atoms with E-state index in [0.717, 1.165) is 5.69 Å². The average Bonchev–Trinajstić information content (AvgIpc) is 3.15. The number of amides is 1. The van der Waals surface area contributed by atoms with Gasteiger partial charge in [-0.25, -0.2) is 10.9 Å². The molecule has 5 N–H and O–H groups in total. The highest BCUT2D eigenvalue weighted by Gasteiger charge is 2.33. The summed E-state index contributed by atoms with van der Waals surface area (Å²) in [6, 6.07) is 10.9. The van der Waals surface area contributed by atoms with E-state index in [1.54, 1.807) is 12.1 Å². The number of benzene rings is 2. The summed E-state index contributed by atoms with van der Waals surface area (Å²) in [5.74, 6) is 1.06. The normalized spacial score (nSPS) is 18.3. The second-order valence-electron chi connectivity index (χ2n) is 6.83. The van der Waals surface area contributed by atoms with Crippen molar-refractivity contribution in [3.8, 4) is 11.5 Å². The summed E-state index contributed by atoms with van der Waals surface area (Å²) in [5.41, 5.74) is 12.7. The van der Waals surface area contributed by atoms with Crippen LogP contribution in [-0.4, -0.2) is 31.3 Å². The van der Waals surface area contributed by atoms with E-state index in [1.165, 1.54) is 11.1 Å². The van der Waals surface area contributed by atoms with Gasteiger partial charge in [0.2, 0.25) is 5.91 Å². The molecular weight excluding hydrogens is 370 g/mol. The smallest absolute Gasteiger partial charge is 0.246 e. The molecule has 2 aromatic carbocycles. The Balaban J connectivity index is 1.73. The molecule has 0 saturated carbocycles. The fourth-order valence-corrected chi connectivity index (χ4v) is 3.07. The fourth-order valence-electron chi connectivity index (χ4n) is 3.07. The minimum atomic E-state index is -0.554. The van der Waals surface area contributed by atoms with Crippen LogP contribution in [0, 0.1) is 13.8 Å². The van der Waals surface area contributed by atoms with Crippen LogP contribution in [0.1, 0.15) is 25.0 Å². The molecule has 1 amide bonds. The minimum Gasteiger partial charge on any atom is -0.494 e. The monoisotopic (exact) mass is 399 g/mol. The Kier molecular flexibility index (Phi) is 6.92. The molecule has 8 nitrogen and oxygen atoms in total. The highest BCUT2D eigenvalue weighted by Crippen LogP contribution is 2.30. The summed E-state index contributed by atoms with van der Waals surface area (Å²) in [5, 5.41) is 6.29. The van der Waals surface area contributed by atoms with Crippen LogP contribution in [0.2, 0.25) is 0 Å². The van der Waals surface area contributed by atoms with E-state index in [9.17, 15) is 4.79 Å². The zero-order chi connectivity index (χ0) is 20.8. The van der Waals surface area contributed by atoms with Crippen molar-refractivity contribution < 1.29 is 14.3 Å². The Morgan fingerprint density at radius 3 is 2.52 bits per heavy atom. The Labute approximate surface area is 171 Å². The van der Waals surface area contributed by atoms with Crippen molar-refractivity contribution in [3.63, 3.8) is 0 Å². The molecule has 2 atom stereocenters. The first-order valence-corrected chi connectivity index (χ1v) is 9.82. The molecule has 0 aliphatic carbocycles. The van der Waals surface area contributed by atoms with Gasteiger partial charge in [-0.15, -0.1) is 0 Å². The van der Waals surface area contributed by atoms with Crippen molar-refractivity contribution in [2.75, 3.05) is 23.8 Å². The maximum atomic E-state index is 13.0. The predicted octanol–water partition coefficient (Wildman–Crippen LogP) is 2.46. The molecular formula is C21H29N5O3. The first-order valence-electron chi connectivity index (χ1n) is 9.82. The van der Waals surface area contributed by atoms with Gasteiger partial charge in [0.25, 0.3) is 0 Å². The number of carbonyl (C=O) groups excluding carboxylic acids is 1. The third kappa shape index (κ3) is 5.17. The lowest BCUT2D eigenvalue weighted by atomic mass is 10.1. The number of anilines is 2. The number of ether oxygens (including phenoxy) is 2. The minimum absolute atomic E-state index is 0.210. The van der Waals surface area contributed by atoms with Crippen LogP contribution in [0.5, 0.6) is 11.5 Å². The molecule has 1 aliphatic heterocycles. The van der Waals surface area contributed by atoms with Gasteiger partial charge in [-0.05, 0) is 63.1 Å². The molecule has 0 aromatic heterocycles. The second kappa shape index (κ2) is 9.60. The number of carbonyl (C=O) groups is 1. The van der Waals surface area contributed by atoms with Crippen LogP contribution >= 0.6 is 0 Å². The highest BCUT2D eigenvalue weighted by atomic mass is 16.5. The van der Waals surface area contributed by atoms with Crippen LogP contribution in [0.3, 0.4) is 0 Å². The Morgan fingerprint density at radius 1 is 1.00 bits per heavy atom. The van der Waals surface area contributed by atoms with E-state index in [0.29, 0.717) is 30.4 Å². The van der Waals surface area contributed by atoms with E-state index in [4.69, 9.17) is 9.47 Å². The molecule has 0 bridgehead atoms. The number of nitrogens with one attached hydrogen (secondary N) is 5. The van der Waals surface area contributed by atoms with Crippen LogP contribution in [0.25, 0.3) is 0 Å². The number of aryl methyl sites for hydroxylation is 2. The van der Waals surface area contributed by atoms with Crippen LogP contribution in [-0.2, 0) is 4.79 Å². The van der Waals surface area contributed by atoms with Gasteiger partial charge in [0.1, 0.15) is 23.7 Å². The van der Waals surface area contributed by atoms with Gasteiger partial charge in [0.15, 0.2) is 0 Å². The molecule has 0 spiro atoms. The lowest BCUT2D eigenvalue weighted by molar-refractivity contribution is -0.118. The SMILES string of the molecule is CCOc1ccc(OCC)c(NC(=O)C2NNNC2Nc2ccc(C)c(C)c2)c1. The van der Waals surface area contributed by atoms with Gasteiger partial charge in [-0.1, -0.05) is 6.07 Å². The first kappa shape index (κ1) is 20.9. The summed E-state index contributed by atoms with van der Waals surface area (Å²) >= 11 is 0. The topological polar surface area (TPSA) is 95.7 Å². The molecule has 1 heterocycles. The second-order valence-corrected chi connectivity index (χ2v) is 6.83. The maximum Gasteiger partial charge on any atom is 0.246 e. The van der Waals surface area contributed by atoms with Gasteiger partial charge >= 0.3 is 0 Å². The molecule has 0 radical (unpaired) electrons. The van der Waals surface area contributed by atoms with Crippen molar-refractivity contribution in [2.45, 2.75) is 39.9 Å². The van der Waals surface area contributed by atoms with Gasteiger partial charge in [-0.3, -0.25) is 4.79 Å². The quantitative estimate of drug-likeness (QED) is 0.465. The molecule has 156 valence electrons. The van der Waals surface area contributed by atoms with Gasteiger partial charge in [0.05, 0.1) is 18.9 Å². The summed E-state index contributed by atoms with van der Waals surface area (Å²) in [7, 11) is 0. The van der Waals surface area contributed by atoms with Crippen molar-refractivity contribution in [1.29, 1.82) is 0 Å². The molecule has 1 saturated heterocycles. The third-order valence-electron chi connectivity index (χ3n) is 4.72. The lowest BCUT2D eigenvalue weighted by Crippen LogP contribution is -2.48. The number of rotatable bonds is 8. The van der Waals surface area contributed by atoms with Crippen molar-refractivity contribution in [1.82, 2.24) is 16.4 Å². The van der Waals surface area contributed by atoms with Gasteiger partial charge in [0, 0.05) is 11.8 Å². The van der Waals surface area contributed by atoms with Crippen molar-refractivity contribution in [3.05, 3.63) is 47.5 Å². The zero-order valence-electron chi connectivity index (χ0n) is 17.3. The summed E-state index contributed by atoms with van der Waals surface area (Å²) < 4.78 is 11.2. The zero-order valence-corrected chi connectivity index (χ0v) is 17.3. The first-order chi connectivity index (χ1) is 14.0. The molecule has 29 heavy (non-hydrogen) atoms. The van der Waals surface area contributed by atoms with Crippen LogP contribution in [0.4, 0.5) is 11.4 Å². The summed E-state index contributed by atoms with van der Waals surface area (Å²) in [4.78, 5) is 13.0. The van der Waals surface area contributed by atoms with Crippen molar-refractivity contribution >= 4 is 17.3 Å². The van der Waals surface area contributed by atoms with Gasteiger partial charge in [-0.2, -0.15) is 5.53 Å². The molecule has 1 aliphatic rings. The van der Waals surface area contributed by atoms with E-state index in [-0.39, 0.29) is 12.1 Å². The summed E-state index contributed by atoms with van der Waals surface area (Å²) in [6.07, 6.45) is -0.345. The lowest BCUT2D eigenvalue weighted by Gasteiger charge is -2.21. The van der Waals surface area contributed by atoms with Crippen LogP contribution in [0.15, 0.2) is 36.4 Å². The molecule has 1 fully saturated rings. The molecule has 2 aromatic rings. The predicted molar refractivity (Wildman–Crippen MR) is 114 cm³/mol. The van der Waals surface area contributed by atoms with E-state index >= 15 is 0 Å². The summed E-state index contributed by atoms with van der Waals surface area (Å²) in [6.45, 7) is 8.98. The van der Waals surface area contributed by atoms with Crippen LogP contribution < -0.4 is 36.5 Å². The molecule has 2 unspecified atom stereocenters. The largest absolute Gasteiger partial charge is 0.494 e.